The molecule has 0 saturated heterocycles. The number of halogens is 4. The van der Waals surface area contributed by atoms with Crippen LogP contribution in [0.1, 0.15) is 48.2 Å². The zero-order valence-corrected chi connectivity index (χ0v) is 18.2. The Balaban J connectivity index is 2.14. The van der Waals surface area contributed by atoms with Gasteiger partial charge in [-0.3, -0.25) is 4.79 Å². The minimum absolute atomic E-state index is 0.119. The molecule has 0 aliphatic heterocycles. The lowest BCUT2D eigenvalue weighted by atomic mass is 10.0. The Labute approximate surface area is 184 Å². The van der Waals surface area contributed by atoms with Crippen molar-refractivity contribution in [1.29, 1.82) is 0 Å². The summed E-state index contributed by atoms with van der Waals surface area (Å²) in [5.74, 6) is -1.42. The van der Waals surface area contributed by atoms with Gasteiger partial charge < -0.3 is 10.2 Å². The van der Waals surface area contributed by atoms with Gasteiger partial charge in [0.2, 0.25) is 0 Å². The van der Waals surface area contributed by atoms with Gasteiger partial charge in [-0.25, -0.2) is 9.37 Å². The smallest absolute Gasteiger partial charge is 0.339 e. The molecular weight excluding hydrogens is 422 g/mol. The molecule has 0 unspecified atom stereocenters. The Morgan fingerprint density at radius 2 is 1.72 bits per heavy atom. The Morgan fingerprint density at radius 3 is 2.34 bits per heavy atom. The Kier molecular flexibility index (Phi) is 7.01. The van der Waals surface area contributed by atoms with Gasteiger partial charge in [-0.2, -0.15) is 13.2 Å². The Bertz CT molecular complexity index is 1120. The van der Waals surface area contributed by atoms with Crippen LogP contribution >= 0.6 is 0 Å². The minimum atomic E-state index is -4.88. The van der Waals surface area contributed by atoms with Gasteiger partial charge in [0.15, 0.2) is 0 Å². The maximum Gasteiger partial charge on any atom is 0.421 e. The molecule has 0 radical (unpaired) electrons. The van der Waals surface area contributed by atoms with E-state index in [1.54, 1.807) is 17.0 Å². The number of nitrogens with zero attached hydrogens (tertiary/aromatic N) is 2. The summed E-state index contributed by atoms with van der Waals surface area (Å²) >= 11 is 0. The van der Waals surface area contributed by atoms with E-state index in [-0.39, 0.29) is 11.7 Å². The van der Waals surface area contributed by atoms with Crippen LogP contribution in [0.5, 0.6) is 0 Å². The molecule has 0 bridgehead atoms. The maximum absolute atomic E-state index is 14.0. The number of amides is 1. The average Bonchev–Trinajstić information content (AvgIpc) is 2.73. The number of carbonyl (C=O) groups is 1. The van der Waals surface area contributed by atoms with Crippen LogP contribution in [-0.4, -0.2) is 28.9 Å². The highest BCUT2D eigenvalue weighted by atomic mass is 19.4. The van der Waals surface area contributed by atoms with Crippen molar-refractivity contribution in [2.45, 2.75) is 39.8 Å². The predicted octanol–water partition coefficient (Wildman–Crippen LogP) is 6.71. The second kappa shape index (κ2) is 9.54. The summed E-state index contributed by atoms with van der Waals surface area (Å²) in [5.41, 5.74) is -0.648. The molecule has 0 spiro atoms. The van der Waals surface area contributed by atoms with Crippen LogP contribution in [-0.2, 0) is 6.18 Å². The molecule has 0 fully saturated rings. The lowest BCUT2D eigenvalue weighted by Gasteiger charge is -2.23. The molecule has 0 aliphatic rings. The van der Waals surface area contributed by atoms with E-state index < -0.39 is 23.2 Å². The molecule has 32 heavy (non-hydrogen) atoms. The van der Waals surface area contributed by atoms with Crippen molar-refractivity contribution in [3.05, 3.63) is 65.1 Å². The summed E-state index contributed by atoms with van der Waals surface area (Å²) in [4.78, 5) is 19.3. The quantitative estimate of drug-likeness (QED) is 0.410. The minimum Gasteiger partial charge on any atom is -0.339 e. The molecule has 0 atom stereocenters. The van der Waals surface area contributed by atoms with Gasteiger partial charge in [0.05, 0.1) is 11.3 Å². The standard InChI is InChI=1S/C24H25F4N3O/c1-4-12-31(13-5-2)23(32)17-14-29-22(16-9-6-8-15(3)20(16)17)30-19-11-7-10-18(25)21(19)24(26,27)28/h6-11,14H,4-5,12-13H2,1-3H3,(H,29,30). The van der Waals surface area contributed by atoms with Crippen molar-refractivity contribution in [1.82, 2.24) is 9.88 Å². The number of rotatable bonds is 7. The number of aromatic nitrogens is 1. The van der Waals surface area contributed by atoms with E-state index in [0.717, 1.165) is 30.5 Å². The van der Waals surface area contributed by atoms with Crippen LogP contribution in [0.3, 0.4) is 0 Å². The molecule has 1 amide bonds. The normalized spacial score (nSPS) is 11.6. The second-order valence-electron chi connectivity index (χ2n) is 7.60. The highest BCUT2D eigenvalue weighted by Crippen LogP contribution is 2.39. The van der Waals surface area contributed by atoms with E-state index in [2.05, 4.69) is 10.3 Å². The summed E-state index contributed by atoms with van der Waals surface area (Å²) in [6.07, 6.45) is -1.90. The number of aryl methyl sites for hydroxylation is 1. The van der Waals surface area contributed by atoms with Crippen molar-refractivity contribution >= 4 is 28.2 Å². The molecule has 1 N–H and O–H groups in total. The van der Waals surface area contributed by atoms with E-state index in [1.807, 2.05) is 26.8 Å². The topological polar surface area (TPSA) is 45.2 Å². The highest BCUT2D eigenvalue weighted by Gasteiger charge is 2.37. The van der Waals surface area contributed by atoms with Crippen LogP contribution < -0.4 is 5.32 Å². The first-order valence-electron chi connectivity index (χ1n) is 10.5. The maximum atomic E-state index is 14.0. The number of pyridine rings is 1. The number of benzene rings is 2. The summed E-state index contributed by atoms with van der Waals surface area (Å²) in [6, 6.07) is 8.37. The van der Waals surface area contributed by atoms with Crippen molar-refractivity contribution < 1.29 is 22.4 Å². The van der Waals surface area contributed by atoms with Crippen LogP contribution in [0.15, 0.2) is 42.6 Å². The second-order valence-corrected chi connectivity index (χ2v) is 7.60. The lowest BCUT2D eigenvalue weighted by molar-refractivity contribution is -0.139. The highest BCUT2D eigenvalue weighted by molar-refractivity contribution is 6.10. The molecule has 170 valence electrons. The SMILES string of the molecule is CCCN(CCC)C(=O)c1cnc(Nc2cccc(F)c2C(F)(F)F)c2cccc(C)c12. The zero-order chi connectivity index (χ0) is 23.5. The van der Waals surface area contributed by atoms with Crippen molar-refractivity contribution in [3.63, 3.8) is 0 Å². The Hall–Kier alpha value is -3.16. The number of nitrogens with one attached hydrogen (secondary N) is 1. The molecule has 1 aromatic heterocycles. The molecule has 2 aromatic carbocycles. The number of alkyl halides is 3. The van der Waals surface area contributed by atoms with Crippen LogP contribution in [0.4, 0.5) is 29.1 Å². The van der Waals surface area contributed by atoms with Crippen molar-refractivity contribution in [3.8, 4) is 0 Å². The van der Waals surface area contributed by atoms with Crippen molar-refractivity contribution in [2.75, 3.05) is 18.4 Å². The third-order valence-electron chi connectivity index (χ3n) is 5.17. The first kappa shape index (κ1) is 23.5. The first-order valence-corrected chi connectivity index (χ1v) is 10.5. The fourth-order valence-corrected chi connectivity index (χ4v) is 3.82. The lowest BCUT2D eigenvalue weighted by Crippen LogP contribution is -2.32. The molecule has 3 rings (SSSR count). The van der Waals surface area contributed by atoms with Gasteiger partial charge in [-0.15, -0.1) is 0 Å². The van der Waals surface area contributed by atoms with E-state index in [1.165, 1.54) is 12.3 Å². The number of fused-ring (bicyclic) bond motifs is 1. The van der Waals surface area contributed by atoms with Gasteiger partial charge in [0.25, 0.3) is 5.91 Å². The summed E-state index contributed by atoms with van der Waals surface area (Å²) in [7, 11) is 0. The monoisotopic (exact) mass is 447 g/mol. The van der Waals surface area contributed by atoms with Gasteiger partial charge >= 0.3 is 6.18 Å². The number of hydrogen-bond donors (Lipinski definition) is 1. The molecule has 8 heteroatoms. The fourth-order valence-electron chi connectivity index (χ4n) is 3.82. The number of carbonyl (C=O) groups excluding carboxylic acids is 1. The van der Waals surface area contributed by atoms with Gasteiger partial charge in [0.1, 0.15) is 17.2 Å². The number of hydrogen-bond acceptors (Lipinski definition) is 3. The van der Waals surface area contributed by atoms with Gasteiger partial charge in [0, 0.05) is 30.1 Å². The van der Waals surface area contributed by atoms with Gasteiger partial charge in [-0.1, -0.05) is 38.1 Å². The van der Waals surface area contributed by atoms with Crippen LogP contribution in [0.25, 0.3) is 10.8 Å². The van der Waals surface area contributed by atoms with E-state index in [4.69, 9.17) is 0 Å². The summed E-state index contributed by atoms with van der Waals surface area (Å²) in [6.45, 7) is 7.00. The molecule has 4 nitrogen and oxygen atoms in total. The zero-order valence-electron chi connectivity index (χ0n) is 18.2. The van der Waals surface area contributed by atoms with Crippen molar-refractivity contribution in [2.24, 2.45) is 0 Å². The Morgan fingerprint density at radius 1 is 1.06 bits per heavy atom. The summed E-state index contributed by atoms with van der Waals surface area (Å²) in [5, 5.41) is 3.74. The van der Waals surface area contributed by atoms with Crippen LogP contribution in [0, 0.1) is 12.7 Å². The molecule has 3 aromatic rings. The van der Waals surface area contributed by atoms with E-state index in [9.17, 15) is 22.4 Å². The molecule has 0 saturated carbocycles. The molecule has 1 heterocycles. The number of anilines is 2. The summed E-state index contributed by atoms with van der Waals surface area (Å²) < 4.78 is 54.3. The largest absolute Gasteiger partial charge is 0.421 e. The van der Waals surface area contributed by atoms with E-state index >= 15 is 0 Å². The average molecular weight is 447 g/mol. The third-order valence-corrected chi connectivity index (χ3v) is 5.17. The molecule has 0 aliphatic carbocycles. The third kappa shape index (κ3) is 4.69. The van der Waals surface area contributed by atoms with E-state index in [0.29, 0.717) is 29.4 Å². The fraction of sp³-hybridized carbons (Fsp3) is 0.333. The predicted molar refractivity (Wildman–Crippen MR) is 118 cm³/mol. The molecular formula is C24H25F4N3O. The first-order chi connectivity index (χ1) is 15.2. The van der Waals surface area contributed by atoms with Gasteiger partial charge in [-0.05, 0) is 37.5 Å². The van der Waals surface area contributed by atoms with Crippen LogP contribution in [0.2, 0.25) is 0 Å².